The first-order valence-electron chi connectivity index (χ1n) is 7.34. The van der Waals surface area contributed by atoms with Crippen molar-refractivity contribution in [2.45, 2.75) is 32.2 Å². The first-order valence-corrected chi connectivity index (χ1v) is 7.34. The van der Waals surface area contributed by atoms with E-state index < -0.39 is 0 Å². The summed E-state index contributed by atoms with van der Waals surface area (Å²) in [4.78, 5) is 14.6. The standard InChI is InChI=1S/C16H22N2O.ClH/c17-9-12-5-7-15(8-6-12)16(19)18(10-13-1-2-13)11-14-3-4-14;/h5-8,13-14H,1-4,9-11,17H2;1H. The molecule has 0 radical (unpaired) electrons. The summed E-state index contributed by atoms with van der Waals surface area (Å²) in [7, 11) is 0. The predicted octanol–water partition coefficient (Wildman–Crippen LogP) is 2.83. The summed E-state index contributed by atoms with van der Waals surface area (Å²) >= 11 is 0. The van der Waals surface area contributed by atoms with Gasteiger partial charge in [-0.3, -0.25) is 4.79 Å². The van der Waals surface area contributed by atoms with E-state index in [0.717, 1.165) is 36.1 Å². The molecule has 1 aromatic carbocycles. The van der Waals surface area contributed by atoms with Gasteiger partial charge in [-0.1, -0.05) is 12.1 Å². The third-order valence-corrected chi connectivity index (χ3v) is 4.07. The maximum Gasteiger partial charge on any atom is 0.253 e. The molecule has 4 heteroatoms. The van der Waals surface area contributed by atoms with Crippen molar-refractivity contribution in [2.24, 2.45) is 17.6 Å². The van der Waals surface area contributed by atoms with Crippen LogP contribution >= 0.6 is 12.4 Å². The van der Waals surface area contributed by atoms with Crippen LogP contribution in [0.15, 0.2) is 24.3 Å². The van der Waals surface area contributed by atoms with Crippen LogP contribution in [0.1, 0.15) is 41.6 Å². The quantitative estimate of drug-likeness (QED) is 0.877. The van der Waals surface area contributed by atoms with Gasteiger partial charge < -0.3 is 10.6 Å². The van der Waals surface area contributed by atoms with Gasteiger partial charge in [0.15, 0.2) is 0 Å². The fourth-order valence-electron chi connectivity index (χ4n) is 2.43. The Hall–Kier alpha value is -1.06. The topological polar surface area (TPSA) is 46.3 Å². The Morgan fingerprint density at radius 2 is 1.55 bits per heavy atom. The van der Waals surface area contributed by atoms with Gasteiger partial charge in [-0.25, -0.2) is 0 Å². The highest BCUT2D eigenvalue weighted by molar-refractivity contribution is 5.94. The van der Waals surface area contributed by atoms with Crippen LogP contribution in [-0.4, -0.2) is 23.9 Å². The Morgan fingerprint density at radius 3 is 1.95 bits per heavy atom. The van der Waals surface area contributed by atoms with Gasteiger partial charge in [-0.05, 0) is 55.2 Å². The normalized spacial score (nSPS) is 17.4. The second-order valence-corrected chi connectivity index (χ2v) is 6.00. The lowest BCUT2D eigenvalue weighted by atomic mass is 10.1. The lowest BCUT2D eigenvalue weighted by Gasteiger charge is -2.22. The Kier molecular flexibility index (Phi) is 5.06. The van der Waals surface area contributed by atoms with E-state index in [9.17, 15) is 4.79 Å². The van der Waals surface area contributed by atoms with E-state index >= 15 is 0 Å². The molecule has 0 spiro atoms. The van der Waals surface area contributed by atoms with Crippen LogP contribution in [0.2, 0.25) is 0 Å². The van der Waals surface area contributed by atoms with E-state index in [4.69, 9.17) is 5.73 Å². The molecule has 3 nitrogen and oxygen atoms in total. The van der Waals surface area contributed by atoms with Crippen molar-refractivity contribution < 1.29 is 4.79 Å². The van der Waals surface area contributed by atoms with Crippen molar-refractivity contribution in [3.63, 3.8) is 0 Å². The second kappa shape index (κ2) is 6.59. The zero-order valence-electron chi connectivity index (χ0n) is 11.8. The summed E-state index contributed by atoms with van der Waals surface area (Å²) in [6, 6.07) is 7.74. The minimum atomic E-state index is 0. The van der Waals surface area contributed by atoms with Gasteiger partial charge >= 0.3 is 0 Å². The van der Waals surface area contributed by atoms with Crippen molar-refractivity contribution in [3.8, 4) is 0 Å². The zero-order chi connectivity index (χ0) is 13.2. The number of carbonyl (C=O) groups excluding carboxylic acids is 1. The van der Waals surface area contributed by atoms with Gasteiger partial charge in [0.25, 0.3) is 5.91 Å². The molecular formula is C16H23ClN2O. The van der Waals surface area contributed by atoms with E-state index in [-0.39, 0.29) is 18.3 Å². The minimum Gasteiger partial charge on any atom is -0.338 e. The van der Waals surface area contributed by atoms with Gasteiger partial charge in [-0.15, -0.1) is 12.4 Å². The average molecular weight is 295 g/mol. The molecule has 0 unspecified atom stereocenters. The van der Waals surface area contributed by atoms with Crippen molar-refractivity contribution in [1.82, 2.24) is 4.90 Å². The fraction of sp³-hybridized carbons (Fsp3) is 0.562. The van der Waals surface area contributed by atoms with Crippen molar-refractivity contribution in [3.05, 3.63) is 35.4 Å². The van der Waals surface area contributed by atoms with E-state index in [1.165, 1.54) is 25.7 Å². The third kappa shape index (κ3) is 3.97. The molecule has 0 saturated heterocycles. The van der Waals surface area contributed by atoms with Crippen LogP contribution in [0.25, 0.3) is 0 Å². The number of halogens is 1. The first-order chi connectivity index (χ1) is 9.26. The number of hydrogen-bond donors (Lipinski definition) is 1. The van der Waals surface area contributed by atoms with Crippen molar-refractivity contribution >= 4 is 18.3 Å². The molecule has 0 bridgehead atoms. The Labute approximate surface area is 126 Å². The van der Waals surface area contributed by atoms with E-state index in [2.05, 4.69) is 4.90 Å². The summed E-state index contributed by atoms with van der Waals surface area (Å²) in [5, 5.41) is 0. The molecule has 0 aliphatic heterocycles. The van der Waals surface area contributed by atoms with Crippen LogP contribution in [0.4, 0.5) is 0 Å². The molecule has 20 heavy (non-hydrogen) atoms. The first kappa shape index (κ1) is 15.3. The smallest absolute Gasteiger partial charge is 0.253 e. The summed E-state index contributed by atoms with van der Waals surface area (Å²) in [6.45, 7) is 2.43. The van der Waals surface area contributed by atoms with E-state index in [1.54, 1.807) is 0 Å². The molecule has 0 atom stereocenters. The lowest BCUT2D eigenvalue weighted by molar-refractivity contribution is 0.0739. The highest BCUT2D eigenvalue weighted by atomic mass is 35.5. The lowest BCUT2D eigenvalue weighted by Crippen LogP contribution is -2.34. The molecular weight excluding hydrogens is 272 g/mol. The Bertz CT molecular complexity index is 438. The van der Waals surface area contributed by atoms with Crippen LogP contribution in [0.5, 0.6) is 0 Å². The van der Waals surface area contributed by atoms with Gasteiger partial charge in [0, 0.05) is 25.2 Å². The molecule has 1 amide bonds. The fourth-order valence-corrected chi connectivity index (χ4v) is 2.43. The van der Waals surface area contributed by atoms with Gasteiger partial charge in [0.2, 0.25) is 0 Å². The minimum absolute atomic E-state index is 0. The van der Waals surface area contributed by atoms with Crippen LogP contribution in [0.3, 0.4) is 0 Å². The highest BCUT2D eigenvalue weighted by Crippen LogP contribution is 2.34. The maximum absolute atomic E-state index is 12.6. The number of amides is 1. The summed E-state index contributed by atoms with van der Waals surface area (Å²) in [6.07, 6.45) is 5.17. The molecule has 110 valence electrons. The molecule has 0 aromatic heterocycles. The molecule has 2 saturated carbocycles. The maximum atomic E-state index is 12.6. The van der Waals surface area contributed by atoms with Crippen LogP contribution in [-0.2, 0) is 6.54 Å². The van der Waals surface area contributed by atoms with Crippen molar-refractivity contribution in [2.75, 3.05) is 13.1 Å². The molecule has 2 fully saturated rings. The molecule has 1 aromatic rings. The number of benzene rings is 1. The Morgan fingerprint density at radius 1 is 1.05 bits per heavy atom. The van der Waals surface area contributed by atoms with Crippen molar-refractivity contribution in [1.29, 1.82) is 0 Å². The number of rotatable bonds is 6. The molecule has 3 rings (SSSR count). The molecule has 0 heterocycles. The highest BCUT2D eigenvalue weighted by Gasteiger charge is 2.31. The zero-order valence-corrected chi connectivity index (χ0v) is 12.6. The monoisotopic (exact) mass is 294 g/mol. The van der Waals surface area contributed by atoms with Gasteiger partial charge in [-0.2, -0.15) is 0 Å². The number of carbonyl (C=O) groups is 1. The molecule has 2 N–H and O–H groups in total. The van der Waals surface area contributed by atoms with E-state index in [0.29, 0.717) is 6.54 Å². The third-order valence-electron chi connectivity index (χ3n) is 4.07. The molecule has 2 aliphatic carbocycles. The number of hydrogen-bond acceptors (Lipinski definition) is 2. The summed E-state index contributed by atoms with van der Waals surface area (Å²) < 4.78 is 0. The SMILES string of the molecule is Cl.NCc1ccc(C(=O)N(CC2CC2)CC2CC2)cc1. The average Bonchev–Trinajstić information content (AvgIpc) is 3.32. The number of nitrogens with two attached hydrogens (primary N) is 1. The van der Waals surface area contributed by atoms with E-state index in [1.807, 2.05) is 24.3 Å². The Balaban J connectivity index is 0.00000147. The van der Waals surface area contributed by atoms with Gasteiger partial charge in [0.1, 0.15) is 0 Å². The summed E-state index contributed by atoms with van der Waals surface area (Å²) in [5.41, 5.74) is 7.47. The van der Waals surface area contributed by atoms with Gasteiger partial charge in [0.05, 0.1) is 0 Å². The largest absolute Gasteiger partial charge is 0.338 e. The number of nitrogens with zero attached hydrogens (tertiary/aromatic N) is 1. The van der Waals surface area contributed by atoms with Crippen LogP contribution in [0, 0.1) is 11.8 Å². The van der Waals surface area contributed by atoms with Crippen LogP contribution < -0.4 is 5.73 Å². The molecule has 2 aliphatic rings. The second-order valence-electron chi connectivity index (χ2n) is 6.00. The summed E-state index contributed by atoms with van der Waals surface area (Å²) in [5.74, 6) is 1.71. The predicted molar refractivity (Wildman–Crippen MR) is 82.9 cm³/mol.